The third-order valence-electron chi connectivity index (χ3n) is 2.45. The van der Waals surface area contributed by atoms with Gasteiger partial charge in [-0.3, -0.25) is 4.79 Å². The molecule has 1 unspecified atom stereocenters. The van der Waals surface area contributed by atoms with Crippen LogP contribution >= 0.6 is 11.3 Å². The lowest BCUT2D eigenvalue weighted by molar-refractivity contribution is 0.0773. The van der Waals surface area contributed by atoms with Crippen molar-refractivity contribution >= 4 is 17.2 Å². The minimum absolute atomic E-state index is 0.0466. The second kappa shape index (κ2) is 6.01. The van der Waals surface area contributed by atoms with Gasteiger partial charge in [-0.25, -0.2) is 0 Å². The van der Waals surface area contributed by atoms with Crippen molar-refractivity contribution in [3.05, 3.63) is 21.9 Å². The van der Waals surface area contributed by atoms with Crippen LogP contribution in [-0.4, -0.2) is 35.6 Å². The summed E-state index contributed by atoms with van der Waals surface area (Å²) in [6, 6.07) is 3.88. The first-order valence-corrected chi connectivity index (χ1v) is 6.38. The van der Waals surface area contributed by atoms with Crippen molar-refractivity contribution in [1.29, 1.82) is 0 Å². The summed E-state index contributed by atoms with van der Waals surface area (Å²) >= 11 is 1.55. The Kier molecular flexibility index (Phi) is 4.96. The van der Waals surface area contributed by atoms with Gasteiger partial charge < -0.3 is 10.0 Å². The van der Waals surface area contributed by atoms with Crippen LogP contribution in [0.25, 0.3) is 0 Å². The number of aliphatic hydroxyl groups is 1. The summed E-state index contributed by atoms with van der Waals surface area (Å²) in [6.45, 7) is 4.41. The topological polar surface area (TPSA) is 40.5 Å². The summed E-state index contributed by atoms with van der Waals surface area (Å²) in [5.74, 6) is 0.0466. The molecule has 4 heteroatoms. The van der Waals surface area contributed by atoms with Gasteiger partial charge in [0.1, 0.15) is 0 Å². The average molecular weight is 241 g/mol. The highest BCUT2D eigenvalue weighted by atomic mass is 32.1. The Morgan fingerprint density at radius 2 is 2.25 bits per heavy atom. The number of rotatable bonds is 5. The van der Waals surface area contributed by atoms with E-state index in [1.165, 1.54) is 4.88 Å². The summed E-state index contributed by atoms with van der Waals surface area (Å²) in [6.07, 6.45) is 1.23. The van der Waals surface area contributed by atoms with Crippen molar-refractivity contribution in [2.24, 2.45) is 0 Å². The van der Waals surface area contributed by atoms with Crippen LogP contribution in [0.1, 0.15) is 34.8 Å². The van der Waals surface area contributed by atoms with Crippen molar-refractivity contribution in [2.45, 2.75) is 32.8 Å². The summed E-state index contributed by atoms with van der Waals surface area (Å²) in [4.78, 5) is 15.6. The zero-order valence-electron chi connectivity index (χ0n) is 10.1. The van der Waals surface area contributed by atoms with E-state index in [2.05, 4.69) is 6.92 Å². The molecule has 0 saturated heterocycles. The Bertz CT molecular complexity index is 347. The SMILES string of the molecule is CCc1ccc(C(=O)N(C)CCC(C)O)s1. The fourth-order valence-corrected chi connectivity index (χ4v) is 2.30. The zero-order chi connectivity index (χ0) is 12.1. The highest BCUT2D eigenvalue weighted by Gasteiger charge is 2.14. The van der Waals surface area contributed by atoms with E-state index in [-0.39, 0.29) is 12.0 Å². The van der Waals surface area contributed by atoms with Crippen molar-refractivity contribution in [3.8, 4) is 0 Å². The van der Waals surface area contributed by atoms with Gasteiger partial charge in [-0.1, -0.05) is 6.92 Å². The molecule has 0 aromatic carbocycles. The van der Waals surface area contributed by atoms with Crippen LogP contribution in [0.2, 0.25) is 0 Å². The van der Waals surface area contributed by atoms with Gasteiger partial charge >= 0.3 is 0 Å². The minimum atomic E-state index is -0.357. The van der Waals surface area contributed by atoms with Crippen LogP contribution in [0.3, 0.4) is 0 Å². The number of thiophene rings is 1. The highest BCUT2D eigenvalue weighted by molar-refractivity contribution is 7.14. The van der Waals surface area contributed by atoms with Crippen LogP contribution in [0, 0.1) is 0 Å². The molecule has 0 spiro atoms. The molecule has 1 aromatic rings. The Balaban J connectivity index is 2.56. The zero-order valence-corrected chi connectivity index (χ0v) is 10.9. The molecule has 1 amide bonds. The Morgan fingerprint density at radius 1 is 1.56 bits per heavy atom. The van der Waals surface area contributed by atoms with Gasteiger partial charge in [0.25, 0.3) is 5.91 Å². The molecule has 0 aliphatic rings. The molecular formula is C12H19NO2S. The molecule has 90 valence electrons. The molecule has 1 aromatic heterocycles. The number of hydrogen-bond acceptors (Lipinski definition) is 3. The van der Waals surface area contributed by atoms with E-state index >= 15 is 0 Å². The summed E-state index contributed by atoms with van der Waals surface area (Å²) in [5.41, 5.74) is 0. The number of amides is 1. The average Bonchev–Trinajstić information content (AvgIpc) is 2.73. The number of nitrogens with zero attached hydrogens (tertiary/aromatic N) is 1. The molecule has 0 saturated carbocycles. The molecule has 16 heavy (non-hydrogen) atoms. The summed E-state index contributed by atoms with van der Waals surface area (Å²) in [5, 5.41) is 9.16. The molecule has 1 rings (SSSR count). The molecule has 0 aliphatic heterocycles. The lowest BCUT2D eigenvalue weighted by Crippen LogP contribution is -2.28. The van der Waals surface area contributed by atoms with Gasteiger partial charge in [0.05, 0.1) is 11.0 Å². The van der Waals surface area contributed by atoms with Crippen molar-refractivity contribution in [1.82, 2.24) is 4.90 Å². The largest absolute Gasteiger partial charge is 0.393 e. The van der Waals surface area contributed by atoms with Gasteiger partial charge in [-0.15, -0.1) is 11.3 Å². The second-order valence-electron chi connectivity index (χ2n) is 3.98. The Labute approximate surface area is 101 Å². The van der Waals surface area contributed by atoms with E-state index in [9.17, 15) is 4.79 Å². The third-order valence-corrected chi connectivity index (χ3v) is 3.67. The maximum atomic E-state index is 11.9. The number of aliphatic hydroxyl groups excluding tert-OH is 1. The lowest BCUT2D eigenvalue weighted by atomic mass is 10.2. The third kappa shape index (κ3) is 3.61. The van der Waals surface area contributed by atoms with E-state index < -0.39 is 0 Å². The van der Waals surface area contributed by atoms with Crippen LogP contribution in [0.15, 0.2) is 12.1 Å². The number of hydrogen-bond donors (Lipinski definition) is 1. The van der Waals surface area contributed by atoms with Crippen molar-refractivity contribution in [2.75, 3.05) is 13.6 Å². The first-order valence-electron chi connectivity index (χ1n) is 5.56. The normalized spacial score (nSPS) is 12.5. The lowest BCUT2D eigenvalue weighted by Gasteiger charge is -2.16. The number of carbonyl (C=O) groups is 1. The quantitative estimate of drug-likeness (QED) is 0.858. The van der Waals surface area contributed by atoms with E-state index in [0.29, 0.717) is 13.0 Å². The predicted octanol–water partition coefficient (Wildman–Crippen LogP) is 2.15. The van der Waals surface area contributed by atoms with Crippen LogP contribution < -0.4 is 0 Å². The number of aryl methyl sites for hydroxylation is 1. The van der Waals surface area contributed by atoms with Crippen LogP contribution in [0.4, 0.5) is 0 Å². The molecular weight excluding hydrogens is 222 g/mol. The fourth-order valence-electron chi connectivity index (χ4n) is 1.35. The van der Waals surface area contributed by atoms with Gasteiger partial charge in [-0.05, 0) is 31.9 Å². The van der Waals surface area contributed by atoms with Crippen molar-refractivity contribution < 1.29 is 9.90 Å². The molecule has 3 nitrogen and oxygen atoms in total. The first kappa shape index (κ1) is 13.2. The highest BCUT2D eigenvalue weighted by Crippen LogP contribution is 2.18. The molecule has 0 aliphatic carbocycles. The molecule has 0 radical (unpaired) electrons. The summed E-state index contributed by atoms with van der Waals surface area (Å²) in [7, 11) is 1.77. The standard InChI is InChI=1S/C12H19NO2S/c1-4-10-5-6-11(16-10)12(15)13(3)8-7-9(2)14/h5-6,9,14H,4,7-8H2,1-3H3. The molecule has 0 fully saturated rings. The van der Waals surface area contributed by atoms with Crippen LogP contribution in [0.5, 0.6) is 0 Å². The maximum absolute atomic E-state index is 11.9. The van der Waals surface area contributed by atoms with Gasteiger partial charge in [0, 0.05) is 18.5 Å². The minimum Gasteiger partial charge on any atom is -0.393 e. The molecule has 1 heterocycles. The number of carbonyl (C=O) groups excluding carboxylic acids is 1. The van der Waals surface area contributed by atoms with Crippen LogP contribution in [-0.2, 0) is 6.42 Å². The van der Waals surface area contributed by atoms with E-state index in [1.54, 1.807) is 30.2 Å². The van der Waals surface area contributed by atoms with Gasteiger partial charge in [-0.2, -0.15) is 0 Å². The van der Waals surface area contributed by atoms with Gasteiger partial charge in [0.15, 0.2) is 0 Å². The maximum Gasteiger partial charge on any atom is 0.263 e. The predicted molar refractivity (Wildman–Crippen MR) is 67.0 cm³/mol. The first-order chi connectivity index (χ1) is 7.54. The second-order valence-corrected chi connectivity index (χ2v) is 5.15. The molecule has 1 atom stereocenters. The molecule has 1 N–H and O–H groups in total. The Hall–Kier alpha value is -0.870. The van der Waals surface area contributed by atoms with E-state index in [1.807, 2.05) is 12.1 Å². The van der Waals surface area contributed by atoms with E-state index in [4.69, 9.17) is 5.11 Å². The van der Waals surface area contributed by atoms with E-state index in [0.717, 1.165) is 11.3 Å². The Morgan fingerprint density at radius 3 is 2.75 bits per heavy atom. The smallest absolute Gasteiger partial charge is 0.263 e. The van der Waals surface area contributed by atoms with Gasteiger partial charge in [0.2, 0.25) is 0 Å². The van der Waals surface area contributed by atoms with Crippen molar-refractivity contribution in [3.63, 3.8) is 0 Å². The summed E-state index contributed by atoms with van der Waals surface area (Å²) < 4.78 is 0. The fraction of sp³-hybridized carbons (Fsp3) is 0.583. The molecule has 0 bridgehead atoms. The monoisotopic (exact) mass is 241 g/mol.